The van der Waals surface area contributed by atoms with Gasteiger partial charge < -0.3 is 26.2 Å². The summed E-state index contributed by atoms with van der Waals surface area (Å²) in [5.41, 5.74) is 11.9. The van der Waals surface area contributed by atoms with Crippen molar-refractivity contribution in [2.75, 3.05) is 43.1 Å². The number of aromatic nitrogens is 1. The van der Waals surface area contributed by atoms with Gasteiger partial charge in [0.2, 0.25) is 0 Å². The van der Waals surface area contributed by atoms with Crippen LogP contribution < -0.4 is 21.1 Å². The van der Waals surface area contributed by atoms with Crippen molar-refractivity contribution in [1.29, 1.82) is 0 Å². The number of nitrogens with one attached hydrogen (secondary N) is 2. The minimum Gasteiger partial charge on any atom is -0.488 e. The molecule has 1 aliphatic heterocycles. The number of nitrogen functional groups attached to an aromatic ring is 1. The average molecular weight is 677 g/mol. The highest BCUT2D eigenvalue weighted by Gasteiger charge is 2.35. The first-order valence-electron chi connectivity index (χ1n) is 16.6. The largest absolute Gasteiger partial charge is 0.488 e. The number of nitrogens with zero attached hydrogens (tertiary/aromatic N) is 3. The number of carbonyl (C=O) groups is 1. The van der Waals surface area contributed by atoms with Crippen LogP contribution in [0.1, 0.15) is 41.5 Å². The van der Waals surface area contributed by atoms with E-state index < -0.39 is 0 Å². The number of nitrogens with two attached hydrogens (primary N) is 1. The highest BCUT2D eigenvalue weighted by molar-refractivity contribution is 7.13. The number of thiazole rings is 1. The van der Waals surface area contributed by atoms with E-state index in [2.05, 4.69) is 76.6 Å². The van der Waals surface area contributed by atoms with Gasteiger partial charge in [-0.3, -0.25) is 14.6 Å². The van der Waals surface area contributed by atoms with Gasteiger partial charge in [-0.05, 0) is 74.1 Å². The molecule has 4 aromatic carbocycles. The fourth-order valence-electron chi connectivity index (χ4n) is 6.23. The summed E-state index contributed by atoms with van der Waals surface area (Å²) in [4.78, 5) is 21.9. The average Bonchev–Trinajstić information content (AvgIpc) is 3.66. The van der Waals surface area contributed by atoms with Gasteiger partial charge in [0, 0.05) is 65.5 Å². The number of anilines is 3. The van der Waals surface area contributed by atoms with Crippen molar-refractivity contribution in [2.24, 2.45) is 5.92 Å². The topological polar surface area (TPSA) is 116 Å². The number of rotatable bonds is 11. The molecule has 1 aromatic heterocycles. The zero-order valence-electron chi connectivity index (χ0n) is 28.1. The number of carbonyl (C=O) groups excluding carboxylic acids is 1. The van der Waals surface area contributed by atoms with Crippen molar-refractivity contribution < 1.29 is 14.6 Å². The lowest BCUT2D eigenvalue weighted by atomic mass is 9.97. The minimum absolute atomic E-state index is 0.0359. The van der Waals surface area contributed by atoms with E-state index in [-0.39, 0.29) is 36.7 Å². The van der Waals surface area contributed by atoms with Crippen LogP contribution in [0.2, 0.25) is 0 Å². The quantitative estimate of drug-likeness (QED) is 0.111. The monoisotopic (exact) mass is 676 g/mol. The third kappa shape index (κ3) is 8.29. The Balaban J connectivity index is 1.16. The highest BCUT2D eigenvalue weighted by atomic mass is 32.1. The van der Waals surface area contributed by atoms with Crippen LogP contribution in [0, 0.1) is 5.92 Å². The van der Waals surface area contributed by atoms with E-state index in [9.17, 15) is 9.90 Å². The molecule has 0 bridgehead atoms. The molecule has 4 atom stereocenters. The Bertz CT molecular complexity index is 1820. The Hall–Kier alpha value is -4.74. The second-order valence-corrected chi connectivity index (χ2v) is 13.7. The number of hydrogen-bond donors (Lipinski definition) is 4. The fourth-order valence-corrected chi connectivity index (χ4v) is 6.87. The van der Waals surface area contributed by atoms with E-state index in [4.69, 9.17) is 10.5 Å². The van der Waals surface area contributed by atoms with E-state index in [0.717, 1.165) is 39.7 Å². The molecule has 1 unspecified atom stereocenters. The van der Waals surface area contributed by atoms with Gasteiger partial charge in [0.15, 0.2) is 0 Å². The number of likely N-dealkylation sites (N-methyl/N-ethyl adjacent to an activating group) is 1. The van der Waals surface area contributed by atoms with Gasteiger partial charge in [0.05, 0.1) is 18.0 Å². The Morgan fingerprint density at radius 3 is 2.51 bits per heavy atom. The molecular weight excluding hydrogens is 633 g/mol. The lowest BCUT2D eigenvalue weighted by Crippen LogP contribution is -2.50. The molecule has 1 amide bonds. The molecule has 0 fully saturated rings. The number of aliphatic hydroxyl groups excluding tert-OH is 1. The third-order valence-corrected chi connectivity index (χ3v) is 9.85. The molecule has 10 heteroatoms. The van der Waals surface area contributed by atoms with Gasteiger partial charge in [-0.25, -0.2) is 4.98 Å². The summed E-state index contributed by atoms with van der Waals surface area (Å²) in [6.45, 7) is 6.43. The number of benzene rings is 4. The van der Waals surface area contributed by atoms with Crippen LogP contribution in [0.3, 0.4) is 0 Å². The number of amides is 1. The van der Waals surface area contributed by atoms with E-state index >= 15 is 0 Å². The lowest BCUT2D eigenvalue weighted by molar-refractivity contribution is 0.0265. The van der Waals surface area contributed by atoms with Crippen molar-refractivity contribution in [3.63, 3.8) is 0 Å². The second-order valence-electron chi connectivity index (χ2n) is 12.8. The van der Waals surface area contributed by atoms with Gasteiger partial charge in [0.1, 0.15) is 23.0 Å². The normalized spacial score (nSPS) is 18.5. The first-order chi connectivity index (χ1) is 23.8. The van der Waals surface area contributed by atoms with Gasteiger partial charge in [-0.15, -0.1) is 11.3 Å². The van der Waals surface area contributed by atoms with Gasteiger partial charge in [0.25, 0.3) is 5.91 Å². The summed E-state index contributed by atoms with van der Waals surface area (Å²) in [6, 6.07) is 31.3. The Kier molecular flexibility index (Phi) is 10.9. The lowest BCUT2D eigenvalue weighted by Gasteiger charge is -2.43. The van der Waals surface area contributed by atoms with E-state index in [1.165, 1.54) is 0 Å². The Morgan fingerprint density at radius 1 is 1.06 bits per heavy atom. The van der Waals surface area contributed by atoms with Crippen molar-refractivity contribution in [3.8, 4) is 16.3 Å². The van der Waals surface area contributed by atoms with Crippen LogP contribution in [-0.2, 0) is 6.54 Å². The van der Waals surface area contributed by atoms with E-state index in [0.29, 0.717) is 30.0 Å². The molecular formula is C39H44N6O3S. The molecule has 6 rings (SSSR count). The Morgan fingerprint density at radius 2 is 1.80 bits per heavy atom. The molecule has 0 aliphatic carbocycles. The highest BCUT2D eigenvalue weighted by Crippen LogP contribution is 2.37. The fraction of sp³-hybridized carbons (Fsp3) is 0.282. The van der Waals surface area contributed by atoms with Crippen molar-refractivity contribution in [2.45, 2.75) is 38.7 Å². The molecule has 9 nitrogen and oxygen atoms in total. The maximum Gasteiger partial charge on any atom is 0.255 e. The van der Waals surface area contributed by atoms with E-state index in [1.54, 1.807) is 23.5 Å². The standard InChI is InChI=1S/C39H44N6O3S/c1-26-22-45(27(2)25-46)37(42-31-18-16-30(17-19-31)39-41-20-21-49-39)32-8-4-7-11-35(32)48-36(26)24-44(3)23-28-12-14-29(15-13-28)38(47)43-34-10-6-5-9-33(34)40/h4-21,26-27,36-37,42,46H,22-25,40H2,1-3H3,(H,43,47)/t26-,27-,36-,37?/m1/s1. The van der Waals surface area contributed by atoms with Crippen LogP contribution in [0.25, 0.3) is 10.6 Å². The van der Waals surface area contributed by atoms with Gasteiger partial charge in [-0.1, -0.05) is 49.4 Å². The number of hydrogen-bond acceptors (Lipinski definition) is 9. The van der Waals surface area contributed by atoms with Crippen LogP contribution in [0.15, 0.2) is 109 Å². The molecule has 0 radical (unpaired) electrons. The first-order valence-corrected chi connectivity index (χ1v) is 17.5. The van der Waals surface area contributed by atoms with Crippen LogP contribution in [-0.4, -0.2) is 64.7 Å². The predicted octanol–water partition coefficient (Wildman–Crippen LogP) is 6.97. The molecule has 5 aromatic rings. The molecule has 0 saturated heterocycles. The predicted molar refractivity (Wildman–Crippen MR) is 199 cm³/mol. The molecule has 254 valence electrons. The summed E-state index contributed by atoms with van der Waals surface area (Å²) >= 11 is 1.62. The SMILES string of the molecule is C[C@@H]1CN([C@H](C)CO)C(Nc2ccc(-c3nccs3)cc2)c2ccccc2O[C@@H]1CN(C)Cc1ccc(C(=O)Nc2ccccc2N)cc1. The van der Waals surface area contributed by atoms with Crippen LogP contribution >= 0.6 is 11.3 Å². The van der Waals surface area contributed by atoms with Gasteiger partial charge >= 0.3 is 0 Å². The Labute approximate surface area is 292 Å². The third-order valence-electron chi connectivity index (χ3n) is 9.02. The van der Waals surface area contributed by atoms with Crippen molar-refractivity contribution in [3.05, 3.63) is 125 Å². The van der Waals surface area contributed by atoms with Crippen molar-refractivity contribution in [1.82, 2.24) is 14.8 Å². The molecule has 2 heterocycles. The zero-order chi connectivity index (χ0) is 34.3. The van der Waals surface area contributed by atoms with Crippen LogP contribution in [0.5, 0.6) is 5.75 Å². The second kappa shape index (κ2) is 15.7. The number of ether oxygens (including phenoxy) is 1. The molecule has 49 heavy (non-hydrogen) atoms. The first kappa shape index (κ1) is 34.1. The number of aliphatic hydroxyl groups is 1. The molecule has 1 aliphatic rings. The summed E-state index contributed by atoms with van der Waals surface area (Å²) in [7, 11) is 2.09. The molecule has 0 saturated carbocycles. The summed E-state index contributed by atoms with van der Waals surface area (Å²) in [5, 5.41) is 20.0. The minimum atomic E-state index is -0.209. The number of fused-ring (bicyclic) bond motifs is 1. The summed E-state index contributed by atoms with van der Waals surface area (Å²) in [6.07, 6.45) is 1.51. The maximum absolute atomic E-state index is 12.8. The van der Waals surface area contributed by atoms with E-state index in [1.807, 2.05) is 66.2 Å². The summed E-state index contributed by atoms with van der Waals surface area (Å²) in [5.74, 6) is 0.780. The van der Waals surface area contributed by atoms with Crippen molar-refractivity contribution >= 4 is 34.3 Å². The molecule has 0 spiro atoms. The maximum atomic E-state index is 12.8. The van der Waals surface area contributed by atoms with Crippen LogP contribution in [0.4, 0.5) is 17.1 Å². The zero-order valence-corrected chi connectivity index (χ0v) is 28.9. The molecule has 5 N–H and O–H groups in total. The summed E-state index contributed by atoms with van der Waals surface area (Å²) < 4.78 is 6.83. The van der Waals surface area contributed by atoms with Gasteiger partial charge in [-0.2, -0.15) is 0 Å². The smallest absolute Gasteiger partial charge is 0.255 e. The number of para-hydroxylation sites is 3.